The van der Waals surface area contributed by atoms with Gasteiger partial charge in [0.15, 0.2) is 0 Å². The van der Waals surface area contributed by atoms with Crippen LogP contribution in [0.1, 0.15) is 18.1 Å². The van der Waals surface area contributed by atoms with E-state index in [4.69, 9.17) is 0 Å². The molecule has 2 N–H and O–H groups in total. The van der Waals surface area contributed by atoms with Crippen molar-refractivity contribution in [3.05, 3.63) is 47.3 Å². The predicted molar refractivity (Wildman–Crippen MR) is 74.6 cm³/mol. The minimum atomic E-state index is -0.462. The van der Waals surface area contributed by atoms with Crippen molar-refractivity contribution in [1.29, 1.82) is 0 Å². The summed E-state index contributed by atoms with van der Waals surface area (Å²) in [5.41, 5.74) is 1.10. The highest BCUT2D eigenvalue weighted by Gasteiger charge is 2.08. The first-order chi connectivity index (χ1) is 9.61. The maximum Gasteiger partial charge on any atom is 0.134 e. The summed E-state index contributed by atoms with van der Waals surface area (Å²) in [6.45, 7) is 4.74. The quantitative estimate of drug-likeness (QED) is 0.882. The van der Waals surface area contributed by atoms with Crippen molar-refractivity contribution in [3.8, 4) is 0 Å². The summed E-state index contributed by atoms with van der Waals surface area (Å²) >= 11 is 0. The van der Waals surface area contributed by atoms with Gasteiger partial charge in [-0.1, -0.05) is 0 Å². The Balaban J connectivity index is 2.14. The molecule has 106 valence electrons. The van der Waals surface area contributed by atoms with Crippen molar-refractivity contribution >= 4 is 11.6 Å². The average molecular weight is 278 g/mol. The number of nitrogens with zero attached hydrogens (tertiary/aromatic N) is 2. The molecule has 0 saturated heterocycles. The first-order valence-electron chi connectivity index (χ1n) is 6.35. The second kappa shape index (κ2) is 6.27. The molecule has 0 radical (unpaired) electrons. The molecule has 0 spiro atoms. The molecule has 0 amide bonds. The lowest BCUT2D eigenvalue weighted by Gasteiger charge is -2.12. The summed E-state index contributed by atoms with van der Waals surface area (Å²) in [5.74, 6) is 0.415. The summed E-state index contributed by atoms with van der Waals surface area (Å²) in [5, 5.41) is 6.11. The van der Waals surface area contributed by atoms with Gasteiger partial charge in [-0.25, -0.2) is 18.7 Å². The Morgan fingerprint density at radius 1 is 1.10 bits per heavy atom. The molecule has 0 fully saturated rings. The Labute approximate surface area is 116 Å². The number of halogens is 2. The monoisotopic (exact) mass is 278 g/mol. The van der Waals surface area contributed by atoms with Crippen molar-refractivity contribution in [2.24, 2.45) is 0 Å². The Bertz CT molecular complexity index is 602. The van der Waals surface area contributed by atoms with Gasteiger partial charge < -0.3 is 10.6 Å². The second-order valence-electron chi connectivity index (χ2n) is 4.32. The number of hydrogen-bond acceptors (Lipinski definition) is 4. The van der Waals surface area contributed by atoms with Crippen LogP contribution in [-0.4, -0.2) is 16.5 Å². The van der Waals surface area contributed by atoms with E-state index in [9.17, 15) is 8.78 Å². The third-order valence-electron chi connectivity index (χ3n) is 2.88. The second-order valence-corrected chi connectivity index (χ2v) is 4.32. The van der Waals surface area contributed by atoms with Gasteiger partial charge in [-0.2, -0.15) is 0 Å². The van der Waals surface area contributed by atoms with E-state index in [1.165, 1.54) is 12.4 Å². The number of nitrogens with one attached hydrogen (secondary N) is 2. The minimum Gasteiger partial charge on any atom is -0.370 e. The standard InChI is InChI=1S/C14H16F2N4/c1-3-17-13-9(2)14(20-8-19-13)18-7-10-6-11(15)4-5-12(10)16/h4-6,8H,3,7H2,1-2H3,(H2,17,18,19,20). The molecule has 0 bridgehead atoms. The van der Waals surface area contributed by atoms with Crippen LogP contribution in [0.4, 0.5) is 20.4 Å². The maximum atomic E-state index is 13.5. The zero-order chi connectivity index (χ0) is 14.5. The molecule has 0 aliphatic carbocycles. The number of benzene rings is 1. The van der Waals surface area contributed by atoms with Crippen molar-refractivity contribution < 1.29 is 8.78 Å². The first-order valence-corrected chi connectivity index (χ1v) is 6.35. The Morgan fingerprint density at radius 2 is 1.80 bits per heavy atom. The lowest BCUT2D eigenvalue weighted by atomic mass is 10.2. The third kappa shape index (κ3) is 3.20. The molecule has 20 heavy (non-hydrogen) atoms. The number of hydrogen-bond donors (Lipinski definition) is 2. The molecule has 6 heteroatoms. The van der Waals surface area contributed by atoms with E-state index < -0.39 is 11.6 Å². The first kappa shape index (κ1) is 14.2. The summed E-state index contributed by atoms with van der Waals surface area (Å²) in [6, 6.07) is 3.38. The lowest BCUT2D eigenvalue weighted by Crippen LogP contribution is -2.09. The van der Waals surface area contributed by atoms with E-state index in [1.54, 1.807) is 0 Å². The summed E-state index contributed by atoms with van der Waals surface area (Å²) < 4.78 is 26.6. The largest absolute Gasteiger partial charge is 0.370 e. The number of rotatable bonds is 5. The highest BCUT2D eigenvalue weighted by atomic mass is 19.1. The Hall–Kier alpha value is -2.24. The summed E-state index contributed by atoms with van der Waals surface area (Å²) in [6.07, 6.45) is 1.43. The van der Waals surface area contributed by atoms with E-state index in [0.29, 0.717) is 5.82 Å². The molecule has 0 atom stereocenters. The van der Waals surface area contributed by atoms with Crippen LogP contribution in [0.15, 0.2) is 24.5 Å². The molecule has 0 saturated carbocycles. The van der Waals surface area contributed by atoms with Crippen LogP contribution in [0.25, 0.3) is 0 Å². The van der Waals surface area contributed by atoms with Gasteiger partial charge in [0, 0.05) is 24.2 Å². The number of aromatic nitrogens is 2. The van der Waals surface area contributed by atoms with Crippen LogP contribution in [0.5, 0.6) is 0 Å². The fourth-order valence-corrected chi connectivity index (χ4v) is 1.83. The number of anilines is 2. The Kier molecular flexibility index (Phi) is 4.45. The highest BCUT2D eigenvalue weighted by Crippen LogP contribution is 2.19. The van der Waals surface area contributed by atoms with E-state index in [1.807, 2.05) is 13.8 Å². The van der Waals surface area contributed by atoms with E-state index >= 15 is 0 Å². The van der Waals surface area contributed by atoms with Crippen LogP contribution < -0.4 is 10.6 Å². The topological polar surface area (TPSA) is 49.8 Å². The molecule has 1 aromatic carbocycles. The van der Waals surface area contributed by atoms with Gasteiger partial charge in [-0.15, -0.1) is 0 Å². The molecule has 0 unspecified atom stereocenters. The zero-order valence-corrected chi connectivity index (χ0v) is 11.4. The van der Waals surface area contributed by atoms with Crippen LogP contribution in [0.3, 0.4) is 0 Å². The minimum absolute atomic E-state index is 0.160. The van der Waals surface area contributed by atoms with Gasteiger partial charge in [0.2, 0.25) is 0 Å². The van der Waals surface area contributed by atoms with Crippen LogP contribution in [0, 0.1) is 18.6 Å². The normalized spacial score (nSPS) is 10.4. The summed E-state index contributed by atoms with van der Waals surface area (Å²) in [7, 11) is 0. The van der Waals surface area contributed by atoms with Gasteiger partial charge in [0.05, 0.1) is 0 Å². The molecule has 0 aliphatic heterocycles. The molecule has 0 aliphatic rings. The van der Waals surface area contributed by atoms with E-state index in [2.05, 4.69) is 20.6 Å². The molecular weight excluding hydrogens is 262 g/mol. The van der Waals surface area contributed by atoms with Crippen LogP contribution >= 0.6 is 0 Å². The van der Waals surface area contributed by atoms with Gasteiger partial charge in [0.25, 0.3) is 0 Å². The van der Waals surface area contributed by atoms with Crippen molar-refractivity contribution in [2.45, 2.75) is 20.4 Å². The van der Waals surface area contributed by atoms with Crippen molar-refractivity contribution in [2.75, 3.05) is 17.2 Å². The van der Waals surface area contributed by atoms with Gasteiger partial charge in [-0.05, 0) is 32.0 Å². The fourth-order valence-electron chi connectivity index (χ4n) is 1.83. The molecule has 2 aromatic rings. The van der Waals surface area contributed by atoms with E-state index in [0.717, 1.165) is 30.1 Å². The highest BCUT2D eigenvalue weighted by molar-refractivity contribution is 5.56. The van der Waals surface area contributed by atoms with Crippen LogP contribution in [0.2, 0.25) is 0 Å². The van der Waals surface area contributed by atoms with Gasteiger partial charge >= 0.3 is 0 Å². The molecule has 4 nitrogen and oxygen atoms in total. The third-order valence-corrected chi connectivity index (χ3v) is 2.88. The molecular formula is C14H16F2N4. The lowest BCUT2D eigenvalue weighted by molar-refractivity contribution is 0.587. The van der Waals surface area contributed by atoms with Gasteiger partial charge in [-0.3, -0.25) is 0 Å². The Morgan fingerprint density at radius 3 is 2.50 bits per heavy atom. The molecule has 1 aromatic heterocycles. The van der Waals surface area contributed by atoms with Gasteiger partial charge in [0.1, 0.15) is 29.6 Å². The molecule has 2 rings (SSSR count). The fraction of sp³-hybridized carbons (Fsp3) is 0.286. The zero-order valence-electron chi connectivity index (χ0n) is 11.4. The predicted octanol–water partition coefficient (Wildman–Crippen LogP) is 3.11. The maximum absolute atomic E-state index is 13.5. The summed E-state index contributed by atoms with van der Waals surface area (Å²) in [4.78, 5) is 8.23. The molecule has 1 heterocycles. The SMILES string of the molecule is CCNc1ncnc(NCc2cc(F)ccc2F)c1C. The van der Waals surface area contributed by atoms with E-state index in [-0.39, 0.29) is 12.1 Å². The smallest absolute Gasteiger partial charge is 0.134 e. The average Bonchev–Trinajstić information content (AvgIpc) is 2.43. The van der Waals surface area contributed by atoms with Crippen molar-refractivity contribution in [3.63, 3.8) is 0 Å². The van der Waals surface area contributed by atoms with Crippen LogP contribution in [-0.2, 0) is 6.54 Å². The van der Waals surface area contributed by atoms with Crippen molar-refractivity contribution in [1.82, 2.24) is 9.97 Å².